The molecule has 3 aromatic heterocycles. The fourth-order valence-corrected chi connectivity index (χ4v) is 6.34. The lowest BCUT2D eigenvalue weighted by Gasteiger charge is -2.31. The zero-order chi connectivity index (χ0) is 21.5. The molecule has 0 bridgehead atoms. The molecule has 4 heterocycles. The molecule has 8 heteroatoms. The van der Waals surface area contributed by atoms with Crippen molar-refractivity contribution in [2.45, 2.75) is 39.3 Å². The first-order valence-corrected chi connectivity index (χ1v) is 12.6. The van der Waals surface area contributed by atoms with Crippen molar-refractivity contribution in [2.24, 2.45) is 16.9 Å². The number of hydrogen-bond donors (Lipinski definition) is 0. The maximum absolute atomic E-state index is 13.6. The maximum atomic E-state index is 13.6. The lowest BCUT2D eigenvalue weighted by atomic mass is 9.74. The summed E-state index contributed by atoms with van der Waals surface area (Å²) in [5.41, 5.74) is 2.53. The van der Waals surface area contributed by atoms with Crippen LogP contribution in [0.1, 0.15) is 53.0 Å². The maximum Gasteiger partial charge on any atom is 0.296 e. The van der Waals surface area contributed by atoms with Crippen LogP contribution in [-0.4, -0.2) is 26.4 Å². The van der Waals surface area contributed by atoms with Crippen LogP contribution in [0.4, 0.5) is 0 Å². The van der Waals surface area contributed by atoms with Crippen molar-refractivity contribution in [1.29, 1.82) is 0 Å². The highest BCUT2D eigenvalue weighted by atomic mass is 35.5. The second-order valence-corrected chi connectivity index (χ2v) is 10.5. The van der Waals surface area contributed by atoms with E-state index in [-0.39, 0.29) is 23.6 Å². The molecule has 0 saturated heterocycles. The van der Waals surface area contributed by atoms with Gasteiger partial charge in [0, 0.05) is 28.4 Å². The quantitative estimate of drug-likeness (QED) is 0.445. The Morgan fingerprint density at radius 3 is 2.77 bits per heavy atom. The molecule has 1 amide bonds. The van der Waals surface area contributed by atoms with E-state index < -0.39 is 0 Å². The highest BCUT2D eigenvalue weighted by Crippen LogP contribution is 2.47. The van der Waals surface area contributed by atoms with Crippen molar-refractivity contribution >= 4 is 52.0 Å². The number of aryl methyl sites for hydroxylation is 1. The number of thiophene rings is 2. The Labute approximate surface area is 194 Å². The van der Waals surface area contributed by atoms with Crippen LogP contribution in [-0.2, 0) is 6.54 Å². The third kappa shape index (κ3) is 3.79. The minimum atomic E-state index is -0.236. The molecule has 2 aliphatic rings. The lowest BCUT2D eigenvalue weighted by Crippen LogP contribution is -2.33. The summed E-state index contributed by atoms with van der Waals surface area (Å²) in [6, 6.07) is 8.20. The molecule has 1 saturated carbocycles. The Kier molecular flexibility index (Phi) is 5.58. The molecule has 0 spiro atoms. The number of carbonyl (C=O) groups is 1. The van der Waals surface area contributed by atoms with Gasteiger partial charge in [0.15, 0.2) is 5.69 Å². The van der Waals surface area contributed by atoms with Crippen LogP contribution in [0.5, 0.6) is 0 Å². The van der Waals surface area contributed by atoms with Gasteiger partial charge in [-0.1, -0.05) is 30.7 Å². The van der Waals surface area contributed by atoms with Gasteiger partial charge in [0.2, 0.25) is 0 Å². The van der Waals surface area contributed by atoms with E-state index in [2.05, 4.69) is 47.1 Å². The average Bonchev–Trinajstić information content (AvgIpc) is 3.53. The highest BCUT2D eigenvalue weighted by molar-refractivity contribution is 7.11. The molecule has 3 atom stereocenters. The van der Waals surface area contributed by atoms with Crippen molar-refractivity contribution in [2.75, 3.05) is 0 Å². The first-order chi connectivity index (χ1) is 15.0. The summed E-state index contributed by atoms with van der Waals surface area (Å²) in [6.07, 6.45) is 5.92. The lowest BCUT2D eigenvalue weighted by molar-refractivity contribution is 0.0673. The molecule has 1 aliphatic carbocycles. The van der Waals surface area contributed by atoms with Crippen molar-refractivity contribution < 1.29 is 4.79 Å². The van der Waals surface area contributed by atoms with Gasteiger partial charge in [0.1, 0.15) is 0 Å². The Bertz CT molecular complexity index is 1150. The number of hydrogen-bond acceptors (Lipinski definition) is 5. The molecule has 5 nitrogen and oxygen atoms in total. The second kappa shape index (κ2) is 8.37. The summed E-state index contributed by atoms with van der Waals surface area (Å²) in [5, 5.41) is 15.5. The zero-order valence-corrected chi connectivity index (χ0v) is 19.8. The van der Waals surface area contributed by atoms with Gasteiger partial charge >= 0.3 is 0 Å². The smallest absolute Gasteiger partial charge is 0.271 e. The van der Waals surface area contributed by atoms with Crippen LogP contribution in [0.25, 0.3) is 6.08 Å². The molecule has 3 aromatic rings. The second-order valence-electron chi connectivity index (χ2n) is 8.11. The van der Waals surface area contributed by atoms with E-state index in [1.165, 1.54) is 10.5 Å². The summed E-state index contributed by atoms with van der Waals surface area (Å²) in [7, 11) is 0. The molecule has 5 rings (SSSR count). The standard InChI is InChI=1S/C23H23ClN4OS2/c1-3-27-13-18(24)21(25-27)23(29)28-22(19-7-5-9-31-19)17-11-14(2)10-15(20(17)26-28)12-16-6-4-8-30-16/h4-9,12-14,17,22H,3,10-11H2,1-2H3/b15-12+/t14-,17-,22-/m0/s1. The van der Waals surface area contributed by atoms with E-state index in [0.29, 0.717) is 17.5 Å². The van der Waals surface area contributed by atoms with Crippen molar-refractivity contribution in [3.8, 4) is 0 Å². The molecule has 0 N–H and O–H groups in total. The van der Waals surface area contributed by atoms with E-state index in [1.807, 2.05) is 13.0 Å². The van der Waals surface area contributed by atoms with Gasteiger partial charge in [-0.05, 0) is 60.2 Å². The number of allylic oxidation sites excluding steroid dienone is 1. The van der Waals surface area contributed by atoms with Crippen LogP contribution >= 0.6 is 34.3 Å². The Hall–Kier alpha value is -2.22. The minimum absolute atomic E-state index is 0.125. The number of halogens is 1. The van der Waals surface area contributed by atoms with Gasteiger partial charge < -0.3 is 0 Å². The van der Waals surface area contributed by atoms with Gasteiger partial charge in [-0.3, -0.25) is 9.48 Å². The van der Waals surface area contributed by atoms with E-state index in [0.717, 1.165) is 23.4 Å². The minimum Gasteiger partial charge on any atom is -0.271 e. The first-order valence-electron chi connectivity index (χ1n) is 10.5. The van der Waals surface area contributed by atoms with Gasteiger partial charge in [-0.2, -0.15) is 10.2 Å². The summed E-state index contributed by atoms with van der Waals surface area (Å²) in [4.78, 5) is 16.0. The van der Waals surface area contributed by atoms with Gasteiger partial charge in [0.05, 0.1) is 16.8 Å². The number of aromatic nitrogens is 2. The van der Waals surface area contributed by atoms with Gasteiger partial charge in [-0.15, -0.1) is 22.7 Å². The third-order valence-electron chi connectivity index (χ3n) is 5.91. The van der Waals surface area contributed by atoms with Crippen LogP contribution in [0.2, 0.25) is 5.02 Å². The average molecular weight is 471 g/mol. The van der Waals surface area contributed by atoms with Crippen LogP contribution in [0, 0.1) is 11.8 Å². The monoisotopic (exact) mass is 470 g/mol. The summed E-state index contributed by atoms with van der Waals surface area (Å²) in [6.45, 7) is 4.91. The van der Waals surface area contributed by atoms with E-state index in [1.54, 1.807) is 38.6 Å². The molecule has 160 valence electrons. The number of fused-ring (bicyclic) bond motifs is 1. The van der Waals surface area contributed by atoms with Gasteiger partial charge in [0.25, 0.3) is 5.91 Å². The normalized spacial score (nSPS) is 24.5. The van der Waals surface area contributed by atoms with E-state index in [9.17, 15) is 4.79 Å². The number of nitrogens with zero attached hydrogens (tertiary/aromatic N) is 4. The fourth-order valence-electron chi connectivity index (χ4n) is 4.55. The van der Waals surface area contributed by atoms with E-state index in [4.69, 9.17) is 16.7 Å². The fraction of sp³-hybridized carbons (Fsp3) is 0.348. The molecule has 0 radical (unpaired) electrons. The highest BCUT2D eigenvalue weighted by Gasteiger charge is 2.46. The van der Waals surface area contributed by atoms with Crippen LogP contribution in [0.3, 0.4) is 0 Å². The Morgan fingerprint density at radius 1 is 1.29 bits per heavy atom. The summed E-state index contributed by atoms with van der Waals surface area (Å²) in [5.74, 6) is 0.459. The molecule has 1 aliphatic heterocycles. The van der Waals surface area contributed by atoms with Gasteiger partial charge in [-0.25, -0.2) is 5.01 Å². The SMILES string of the molecule is CCn1cc(Cl)c(C(=O)N2N=C3/C(=C/c4cccs4)C[C@H](C)C[C@@H]3[C@H]2c2cccs2)n1. The Balaban J connectivity index is 1.59. The number of amides is 1. The largest absolute Gasteiger partial charge is 0.296 e. The molecular weight excluding hydrogens is 448 g/mol. The third-order valence-corrected chi connectivity index (χ3v) is 7.95. The van der Waals surface area contributed by atoms with Crippen molar-refractivity contribution in [3.05, 3.63) is 67.3 Å². The number of rotatable bonds is 4. The number of carbonyl (C=O) groups excluding carboxylic acids is 1. The molecular formula is C23H23ClN4OS2. The Morgan fingerprint density at radius 2 is 2.10 bits per heavy atom. The van der Waals surface area contributed by atoms with E-state index >= 15 is 0 Å². The first kappa shape index (κ1) is 20.7. The predicted octanol–water partition coefficient (Wildman–Crippen LogP) is 6.36. The molecule has 1 fully saturated rings. The number of hydrazone groups is 1. The van der Waals surface area contributed by atoms with Crippen LogP contribution in [0.15, 0.2) is 51.9 Å². The molecule has 31 heavy (non-hydrogen) atoms. The zero-order valence-electron chi connectivity index (χ0n) is 17.4. The molecule has 0 unspecified atom stereocenters. The van der Waals surface area contributed by atoms with Crippen LogP contribution < -0.4 is 0 Å². The summed E-state index contributed by atoms with van der Waals surface area (Å²) >= 11 is 9.77. The topological polar surface area (TPSA) is 50.5 Å². The van der Waals surface area contributed by atoms with Crippen molar-refractivity contribution in [1.82, 2.24) is 14.8 Å². The van der Waals surface area contributed by atoms with Crippen molar-refractivity contribution in [3.63, 3.8) is 0 Å². The molecule has 0 aromatic carbocycles. The summed E-state index contributed by atoms with van der Waals surface area (Å²) < 4.78 is 1.69. The predicted molar refractivity (Wildman–Crippen MR) is 128 cm³/mol.